The van der Waals surface area contributed by atoms with Crippen LogP contribution in [0.15, 0.2) is 61.7 Å². The van der Waals surface area contributed by atoms with E-state index in [2.05, 4.69) is 61.7 Å². The Balaban J connectivity index is -0.000000251. The van der Waals surface area contributed by atoms with Crippen LogP contribution < -0.4 is 59.1 Å². The molecule has 92 valence electrons. The molecule has 0 saturated carbocycles. The number of rotatable bonds is 0. The van der Waals surface area contributed by atoms with Gasteiger partial charge in [-0.1, -0.05) is 48.5 Å². The predicted molar refractivity (Wildman–Crippen MR) is 65.7 cm³/mol. The van der Waals surface area contributed by atoms with E-state index in [1.807, 2.05) is 0 Å². The Hall–Kier alpha value is 0.310. The van der Waals surface area contributed by atoms with Crippen molar-refractivity contribution >= 4 is 21.2 Å². The fourth-order valence-corrected chi connectivity index (χ4v) is 1.13. The molecule has 0 bridgehead atoms. The van der Waals surface area contributed by atoms with E-state index in [1.165, 1.54) is 10.8 Å². The molecule has 2 rings (SSSR count). The summed E-state index contributed by atoms with van der Waals surface area (Å²) in [4.78, 5) is 0. The van der Waals surface area contributed by atoms with Gasteiger partial charge >= 0.3 is 59.1 Å². The van der Waals surface area contributed by atoms with Gasteiger partial charge in [0.2, 0.25) is 0 Å². The molecule has 7 heteroatoms. The van der Waals surface area contributed by atoms with Gasteiger partial charge in [0.15, 0.2) is 0 Å². The van der Waals surface area contributed by atoms with Crippen molar-refractivity contribution in [1.82, 2.24) is 0 Å². The van der Waals surface area contributed by atoms with Crippen LogP contribution in [-0.2, 0) is 10.4 Å². The molecule has 0 aromatic heterocycles. The quantitative estimate of drug-likeness (QED) is 0.217. The maximum absolute atomic E-state index is 8.52. The molecule has 0 N–H and O–H groups in total. The summed E-state index contributed by atoms with van der Waals surface area (Å²) in [6, 6.07) is 16.7. The molecule has 0 saturated heterocycles. The summed E-state index contributed by atoms with van der Waals surface area (Å²) in [5.41, 5.74) is 0. The van der Waals surface area contributed by atoms with Gasteiger partial charge in [-0.05, 0) is 10.8 Å². The third-order valence-corrected chi connectivity index (χ3v) is 1.66. The Morgan fingerprint density at radius 2 is 0.895 bits per heavy atom. The smallest absolute Gasteiger partial charge is 0.759 e. The van der Waals surface area contributed by atoms with Crippen LogP contribution in [0.1, 0.15) is 0 Å². The summed E-state index contributed by atoms with van der Waals surface area (Å²) < 4.78 is 34.1. The minimum atomic E-state index is -5.17. The molecule has 0 aliphatic rings. The van der Waals surface area contributed by atoms with Crippen LogP contribution in [0.5, 0.6) is 0 Å². The molecular formula is C12H12Na2O4S. The number of benzene rings is 2. The molecule has 0 unspecified atom stereocenters. The van der Waals surface area contributed by atoms with Crippen molar-refractivity contribution in [3.05, 3.63) is 61.7 Å². The molecule has 0 aliphatic heterocycles. The van der Waals surface area contributed by atoms with E-state index in [4.69, 9.17) is 17.5 Å². The largest absolute Gasteiger partial charge is 1.00 e. The summed E-state index contributed by atoms with van der Waals surface area (Å²) in [6.07, 6.45) is 0. The maximum atomic E-state index is 8.52. The zero-order chi connectivity index (χ0) is 13.3. The SMILES string of the molecule is C=C.O=S(=O)([O-])[O-].[Na+].[Na+].c1ccc2ccccc2c1. The number of hydrogen-bond donors (Lipinski definition) is 0. The van der Waals surface area contributed by atoms with Gasteiger partial charge in [0.1, 0.15) is 0 Å². The van der Waals surface area contributed by atoms with Crippen molar-refractivity contribution in [2.75, 3.05) is 0 Å². The van der Waals surface area contributed by atoms with E-state index in [1.54, 1.807) is 0 Å². The first-order chi connectivity index (χ1) is 7.97. The molecule has 0 spiro atoms. The summed E-state index contributed by atoms with van der Waals surface area (Å²) in [6.45, 7) is 6.00. The van der Waals surface area contributed by atoms with E-state index in [9.17, 15) is 0 Å². The molecule has 0 heterocycles. The second-order valence-electron chi connectivity index (χ2n) is 2.76. The monoisotopic (exact) mass is 298 g/mol. The molecule has 0 amide bonds. The van der Waals surface area contributed by atoms with Crippen molar-refractivity contribution in [3.8, 4) is 0 Å². The first-order valence-corrected chi connectivity index (χ1v) is 5.90. The van der Waals surface area contributed by atoms with Crippen LogP contribution in [0, 0.1) is 0 Å². The molecule has 2 aromatic carbocycles. The summed E-state index contributed by atoms with van der Waals surface area (Å²) in [7, 11) is -5.17. The van der Waals surface area contributed by atoms with Crippen molar-refractivity contribution in [2.24, 2.45) is 0 Å². The minimum absolute atomic E-state index is 0. The van der Waals surface area contributed by atoms with Gasteiger partial charge < -0.3 is 9.11 Å². The Kier molecular flexibility index (Phi) is 17.0. The predicted octanol–water partition coefficient (Wildman–Crippen LogP) is -3.69. The van der Waals surface area contributed by atoms with Crippen molar-refractivity contribution < 1.29 is 76.6 Å². The molecule has 0 atom stereocenters. The van der Waals surface area contributed by atoms with Crippen LogP contribution in [-0.4, -0.2) is 17.5 Å². The fraction of sp³-hybridized carbons (Fsp3) is 0. The average molecular weight is 298 g/mol. The first-order valence-electron chi connectivity index (χ1n) is 4.57. The van der Waals surface area contributed by atoms with Gasteiger partial charge in [0.25, 0.3) is 0 Å². The molecule has 2 aromatic rings. The average Bonchev–Trinajstić information content (AvgIpc) is 2.30. The van der Waals surface area contributed by atoms with Gasteiger partial charge in [-0.2, -0.15) is 0 Å². The van der Waals surface area contributed by atoms with Crippen molar-refractivity contribution in [1.29, 1.82) is 0 Å². The van der Waals surface area contributed by atoms with Crippen LogP contribution in [0.3, 0.4) is 0 Å². The van der Waals surface area contributed by atoms with Gasteiger partial charge in [0.05, 0.1) is 0 Å². The zero-order valence-electron chi connectivity index (χ0n) is 11.1. The van der Waals surface area contributed by atoms with Crippen LogP contribution in [0.4, 0.5) is 0 Å². The third-order valence-electron chi connectivity index (χ3n) is 1.66. The van der Waals surface area contributed by atoms with Crippen LogP contribution >= 0.6 is 0 Å². The first kappa shape index (κ1) is 24.3. The van der Waals surface area contributed by atoms with E-state index < -0.39 is 10.4 Å². The third kappa shape index (κ3) is 14.5. The Morgan fingerprint density at radius 3 is 1.05 bits per heavy atom. The summed E-state index contributed by atoms with van der Waals surface area (Å²) in [5, 5.41) is 2.62. The normalized spacial score (nSPS) is 8.53. The zero-order valence-corrected chi connectivity index (χ0v) is 15.9. The summed E-state index contributed by atoms with van der Waals surface area (Å²) >= 11 is 0. The van der Waals surface area contributed by atoms with E-state index in [-0.39, 0.29) is 59.1 Å². The maximum Gasteiger partial charge on any atom is 1.00 e. The van der Waals surface area contributed by atoms with Gasteiger partial charge in [-0.25, -0.2) is 0 Å². The number of fused-ring (bicyclic) bond motifs is 1. The molecular weight excluding hydrogens is 286 g/mol. The molecule has 0 radical (unpaired) electrons. The Morgan fingerprint density at radius 1 is 0.737 bits per heavy atom. The standard InChI is InChI=1S/C10H8.C2H4.2Na.H2O4S/c1-2-6-10-8-4-3-7-9(10)5-1;1-2;;;1-5(2,3)4/h1-8H;1-2H2;;;(H2,1,2,3,4)/q;;2*+1;/p-2. The van der Waals surface area contributed by atoms with Crippen LogP contribution in [0.2, 0.25) is 0 Å². The van der Waals surface area contributed by atoms with Crippen molar-refractivity contribution in [3.63, 3.8) is 0 Å². The van der Waals surface area contributed by atoms with E-state index in [0.29, 0.717) is 0 Å². The van der Waals surface area contributed by atoms with E-state index >= 15 is 0 Å². The fourth-order valence-electron chi connectivity index (χ4n) is 1.13. The van der Waals surface area contributed by atoms with E-state index in [0.717, 1.165) is 0 Å². The second kappa shape index (κ2) is 13.3. The molecule has 0 aliphatic carbocycles. The molecule has 19 heavy (non-hydrogen) atoms. The van der Waals surface area contributed by atoms with Gasteiger partial charge in [0, 0.05) is 10.4 Å². The topological polar surface area (TPSA) is 80.3 Å². The van der Waals surface area contributed by atoms with Gasteiger partial charge in [-0.15, -0.1) is 13.2 Å². The minimum Gasteiger partial charge on any atom is -0.759 e. The van der Waals surface area contributed by atoms with Crippen molar-refractivity contribution in [2.45, 2.75) is 0 Å². The summed E-state index contributed by atoms with van der Waals surface area (Å²) in [5.74, 6) is 0. The molecule has 0 fully saturated rings. The van der Waals surface area contributed by atoms with Crippen LogP contribution in [0.25, 0.3) is 10.8 Å². The Bertz CT molecular complexity index is 485. The molecule has 4 nitrogen and oxygen atoms in total. The van der Waals surface area contributed by atoms with Gasteiger partial charge in [-0.3, -0.25) is 8.42 Å². The Labute approximate surface area is 158 Å². The second-order valence-corrected chi connectivity index (χ2v) is 3.57. The number of hydrogen-bond acceptors (Lipinski definition) is 4.